The van der Waals surface area contributed by atoms with Crippen molar-refractivity contribution in [2.45, 2.75) is 27.2 Å². The van der Waals surface area contributed by atoms with Gasteiger partial charge in [0.25, 0.3) is 5.60 Å². The highest BCUT2D eigenvalue weighted by atomic mass is 32.2. The lowest BCUT2D eigenvalue weighted by atomic mass is 10.0. The van der Waals surface area contributed by atoms with Gasteiger partial charge in [-0.2, -0.15) is 26.3 Å². The van der Waals surface area contributed by atoms with Crippen molar-refractivity contribution in [2.75, 3.05) is 0 Å². The molecule has 1 N–H and O–H groups in total. The van der Waals surface area contributed by atoms with Crippen LogP contribution >= 0.6 is 34.4 Å². The maximum atomic E-state index is 13.1. The van der Waals surface area contributed by atoms with Crippen LogP contribution in [0.4, 0.5) is 26.3 Å². The summed E-state index contributed by atoms with van der Waals surface area (Å²) in [6, 6.07) is 15.7. The number of aromatic nitrogens is 1. The van der Waals surface area contributed by atoms with E-state index in [1.165, 1.54) is 23.5 Å². The minimum atomic E-state index is -5.99. The SMILES string of the molecule is O=c1cc(-c2cc3ccccc3s2)c2ccc(Sc3ncc(C(O)(C(F)(F)F)C(F)(F)F)s3)cc2o1. The van der Waals surface area contributed by atoms with Gasteiger partial charge >= 0.3 is 18.0 Å². The molecule has 0 aliphatic rings. The maximum absolute atomic E-state index is 13.1. The van der Waals surface area contributed by atoms with Gasteiger partial charge in [0.15, 0.2) is 4.34 Å². The third-order valence-corrected chi connectivity index (χ3v) is 8.59. The number of fused-ring (bicyclic) bond motifs is 2. The fraction of sp³-hybridized carbons (Fsp3) is 0.130. The van der Waals surface area contributed by atoms with Crippen molar-refractivity contribution in [3.05, 3.63) is 76.1 Å². The number of rotatable bonds is 4. The zero-order valence-electron chi connectivity index (χ0n) is 17.5. The van der Waals surface area contributed by atoms with Crippen molar-refractivity contribution >= 4 is 55.5 Å². The van der Waals surface area contributed by atoms with E-state index >= 15 is 0 Å². The minimum absolute atomic E-state index is 0.0705. The first kappa shape index (κ1) is 24.8. The van der Waals surface area contributed by atoms with Gasteiger partial charge in [0.1, 0.15) is 5.58 Å². The molecule has 0 amide bonds. The second kappa shape index (κ2) is 8.61. The molecular weight excluding hydrogens is 548 g/mol. The zero-order valence-corrected chi connectivity index (χ0v) is 19.9. The van der Waals surface area contributed by atoms with E-state index < -0.39 is 28.5 Å². The number of thiazole rings is 1. The van der Waals surface area contributed by atoms with Crippen molar-refractivity contribution in [1.29, 1.82) is 0 Å². The first-order chi connectivity index (χ1) is 16.9. The minimum Gasteiger partial charge on any atom is -0.423 e. The van der Waals surface area contributed by atoms with Crippen molar-refractivity contribution in [2.24, 2.45) is 0 Å². The van der Waals surface area contributed by atoms with Gasteiger partial charge in [-0.05, 0) is 35.7 Å². The predicted octanol–water partition coefficient (Wildman–Crippen LogP) is 7.59. The number of benzene rings is 2. The molecule has 0 unspecified atom stereocenters. The molecule has 3 heterocycles. The molecule has 0 radical (unpaired) electrons. The molecular formula is C23H11F6NO3S3. The topological polar surface area (TPSA) is 63.3 Å². The van der Waals surface area contributed by atoms with E-state index in [9.17, 15) is 36.2 Å². The van der Waals surface area contributed by atoms with Crippen molar-refractivity contribution in [3.63, 3.8) is 0 Å². The number of hydrogen-bond acceptors (Lipinski definition) is 7. The molecule has 2 aromatic carbocycles. The number of alkyl halides is 6. The van der Waals surface area contributed by atoms with Gasteiger partial charge in [-0.3, -0.25) is 0 Å². The summed E-state index contributed by atoms with van der Waals surface area (Å²) in [4.78, 5) is 15.7. The summed E-state index contributed by atoms with van der Waals surface area (Å²) in [7, 11) is 0. The normalized spacial score (nSPS) is 13.1. The van der Waals surface area contributed by atoms with Crippen molar-refractivity contribution < 1.29 is 35.9 Å². The Bertz CT molecular complexity index is 1600. The molecule has 5 rings (SSSR count). The zero-order chi connectivity index (χ0) is 25.9. The Morgan fingerprint density at radius 1 is 0.917 bits per heavy atom. The van der Waals surface area contributed by atoms with Gasteiger partial charge in [0, 0.05) is 37.7 Å². The first-order valence-corrected chi connectivity index (χ1v) is 12.4. The van der Waals surface area contributed by atoms with Gasteiger partial charge in [-0.25, -0.2) is 9.78 Å². The molecule has 0 fully saturated rings. The van der Waals surface area contributed by atoms with E-state index in [-0.39, 0.29) is 21.3 Å². The van der Waals surface area contributed by atoms with Crippen molar-refractivity contribution in [3.8, 4) is 10.4 Å². The van der Waals surface area contributed by atoms with Crippen LogP contribution in [0.5, 0.6) is 0 Å². The van der Waals surface area contributed by atoms with Gasteiger partial charge in [0.05, 0.1) is 4.88 Å². The molecule has 36 heavy (non-hydrogen) atoms. The Hall–Kier alpha value is -2.87. The Balaban J connectivity index is 1.51. The Morgan fingerprint density at radius 3 is 2.33 bits per heavy atom. The second-order valence-corrected chi connectivity index (χ2v) is 11.0. The molecule has 0 saturated carbocycles. The summed E-state index contributed by atoms with van der Waals surface area (Å²) in [5.74, 6) is 0. The van der Waals surface area contributed by atoms with Crippen LogP contribution in [0.15, 0.2) is 79.2 Å². The summed E-state index contributed by atoms with van der Waals surface area (Å²) < 4.78 is 85.0. The molecule has 0 bridgehead atoms. The molecule has 0 aliphatic carbocycles. The predicted molar refractivity (Wildman–Crippen MR) is 126 cm³/mol. The molecule has 186 valence electrons. The van der Waals surface area contributed by atoms with Crippen LogP contribution in [0.3, 0.4) is 0 Å². The maximum Gasteiger partial charge on any atom is 0.431 e. The number of hydrogen-bond donors (Lipinski definition) is 1. The van der Waals surface area contributed by atoms with Crippen LogP contribution < -0.4 is 5.63 Å². The van der Waals surface area contributed by atoms with E-state index in [0.717, 1.165) is 26.7 Å². The number of aliphatic hydroxyl groups is 1. The quantitative estimate of drug-likeness (QED) is 0.182. The summed E-state index contributed by atoms with van der Waals surface area (Å²) >= 11 is 2.33. The molecule has 0 atom stereocenters. The van der Waals surface area contributed by atoms with Crippen molar-refractivity contribution in [1.82, 2.24) is 4.98 Å². The molecule has 5 aromatic rings. The monoisotopic (exact) mass is 559 g/mol. The van der Waals surface area contributed by atoms with Gasteiger partial charge in [-0.15, -0.1) is 22.7 Å². The van der Waals surface area contributed by atoms with Gasteiger partial charge in [-0.1, -0.05) is 30.0 Å². The Morgan fingerprint density at radius 2 is 1.64 bits per heavy atom. The molecule has 0 spiro atoms. The summed E-state index contributed by atoms with van der Waals surface area (Å²) in [5.41, 5.74) is -4.82. The third kappa shape index (κ3) is 4.19. The van der Waals surface area contributed by atoms with E-state index in [1.54, 1.807) is 12.1 Å². The highest BCUT2D eigenvalue weighted by Crippen LogP contribution is 2.52. The average Bonchev–Trinajstić information content (AvgIpc) is 3.43. The number of thiophene rings is 1. The third-order valence-electron chi connectivity index (χ3n) is 5.27. The van der Waals surface area contributed by atoms with E-state index in [1.807, 2.05) is 30.3 Å². The highest BCUT2D eigenvalue weighted by Gasteiger charge is 2.72. The van der Waals surface area contributed by atoms with Crippen LogP contribution in [-0.4, -0.2) is 22.4 Å². The summed E-state index contributed by atoms with van der Waals surface area (Å²) in [5, 5.41) is 11.2. The first-order valence-electron chi connectivity index (χ1n) is 9.94. The van der Waals surface area contributed by atoms with Crippen LogP contribution in [0.2, 0.25) is 0 Å². The Labute approximate surface area is 209 Å². The van der Waals surface area contributed by atoms with E-state index in [4.69, 9.17) is 4.42 Å². The standard InChI is InChI=1S/C23H11F6NO3S3/c24-22(25,26)21(32,23(27,28)29)18-10-30-20(36-18)34-12-5-6-13-14(9-19(31)33-15(13)8-12)17-7-11-3-1-2-4-16(11)35-17/h1-10,32H. The smallest absolute Gasteiger partial charge is 0.423 e. The molecule has 3 aromatic heterocycles. The van der Waals surface area contributed by atoms with Crippen LogP contribution in [0.1, 0.15) is 4.88 Å². The molecule has 4 nitrogen and oxygen atoms in total. The number of nitrogens with zero attached hydrogens (tertiary/aromatic N) is 1. The summed E-state index contributed by atoms with van der Waals surface area (Å²) in [6.07, 6.45) is -11.6. The van der Waals surface area contributed by atoms with Gasteiger partial charge in [0.2, 0.25) is 0 Å². The fourth-order valence-electron chi connectivity index (χ4n) is 3.54. The molecule has 0 aliphatic heterocycles. The lowest BCUT2D eigenvalue weighted by Gasteiger charge is -2.30. The van der Waals surface area contributed by atoms with Crippen LogP contribution in [-0.2, 0) is 5.60 Å². The average molecular weight is 560 g/mol. The summed E-state index contributed by atoms with van der Waals surface area (Å²) in [6.45, 7) is 0. The van der Waals surface area contributed by atoms with E-state index in [0.29, 0.717) is 22.0 Å². The molecule has 0 saturated heterocycles. The number of halogens is 6. The Kier molecular flexibility index (Phi) is 5.93. The highest BCUT2D eigenvalue weighted by molar-refractivity contribution is 8.01. The van der Waals surface area contributed by atoms with Gasteiger partial charge < -0.3 is 9.52 Å². The van der Waals surface area contributed by atoms with E-state index in [2.05, 4.69) is 4.98 Å². The molecule has 13 heteroatoms. The van der Waals surface area contributed by atoms with Crippen LogP contribution in [0.25, 0.3) is 31.5 Å². The fourth-order valence-corrected chi connectivity index (χ4v) is 6.74. The van der Waals surface area contributed by atoms with Crippen LogP contribution in [0, 0.1) is 0 Å². The lowest BCUT2D eigenvalue weighted by molar-refractivity contribution is -0.375. The second-order valence-electron chi connectivity index (χ2n) is 7.58. The largest absolute Gasteiger partial charge is 0.431 e. The lowest BCUT2D eigenvalue weighted by Crippen LogP contribution is -2.53.